The van der Waals surface area contributed by atoms with Crippen LogP contribution in [0.25, 0.3) is 5.70 Å². The zero-order valence-corrected chi connectivity index (χ0v) is 10.8. The molecule has 0 fully saturated rings. The zero-order valence-electron chi connectivity index (χ0n) is 10.8. The molecule has 0 N–H and O–H groups in total. The summed E-state index contributed by atoms with van der Waals surface area (Å²) in [5.41, 5.74) is 2.48. The van der Waals surface area contributed by atoms with Gasteiger partial charge in [-0.25, -0.2) is 0 Å². The van der Waals surface area contributed by atoms with Crippen LogP contribution in [0.15, 0.2) is 36.4 Å². The van der Waals surface area contributed by atoms with Gasteiger partial charge in [0.2, 0.25) is 0 Å². The molecular formula is C14H20N2O. The first-order chi connectivity index (χ1) is 8.31. The van der Waals surface area contributed by atoms with Crippen LogP contribution in [0, 0.1) is 0 Å². The monoisotopic (exact) mass is 232 g/mol. The lowest BCUT2D eigenvalue weighted by Gasteiger charge is -2.33. The van der Waals surface area contributed by atoms with E-state index < -0.39 is 0 Å². The summed E-state index contributed by atoms with van der Waals surface area (Å²) in [5, 5.41) is 4.52. The highest BCUT2D eigenvalue weighted by atomic mass is 16.5. The van der Waals surface area contributed by atoms with Crippen molar-refractivity contribution in [1.29, 1.82) is 0 Å². The zero-order chi connectivity index (χ0) is 12.3. The smallest absolute Gasteiger partial charge is 0.148 e. The van der Waals surface area contributed by atoms with Crippen molar-refractivity contribution in [2.45, 2.75) is 20.1 Å². The summed E-state index contributed by atoms with van der Waals surface area (Å²) in [6, 6.07) is 10.5. The molecule has 3 nitrogen and oxygen atoms in total. The minimum atomic E-state index is 0.0511. The molecule has 1 atom stereocenters. The summed E-state index contributed by atoms with van der Waals surface area (Å²) < 4.78 is 5.51. The Balaban J connectivity index is 2.33. The number of likely N-dealkylation sites (N-methyl/N-ethyl adjacent to an activating group) is 1. The number of nitrogens with zero attached hydrogens (tertiary/aromatic N) is 2. The van der Waals surface area contributed by atoms with Gasteiger partial charge < -0.3 is 9.75 Å². The molecular weight excluding hydrogens is 212 g/mol. The number of rotatable bonds is 4. The van der Waals surface area contributed by atoms with Gasteiger partial charge in [0.25, 0.3) is 0 Å². The van der Waals surface area contributed by atoms with Crippen molar-refractivity contribution in [2.24, 2.45) is 0 Å². The fourth-order valence-corrected chi connectivity index (χ4v) is 2.33. The first kappa shape index (κ1) is 12.1. The van der Waals surface area contributed by atoms with Crippen LogP contribution >= 0.6 is 0 Å². The van der Waals surface area contributed by atoms with Crippen LogP contribution in [0.2, 0.25) is 0 Å². The highest BCUT2D eigenvalue weighted by Gasteiger charge is 2.30. The largest absolute Gasteiger partial charge is 0.361 e. The highest BCUT2D eigenvalue weighted by molar-refractivity contribution is 5.65. The maximum absolute atomic E-state index is 5.51. The molecule has 0 aliphatic carbocycles. The van der Waals surface area contributed by atoms with Gasteiger partial charge in [-0.15, -0.1) is 0 Å². The van der Waals surface area contributed by atoms with Crippen LogP contribution in [0.3, 0.4) is 0 Å². The van der Waals surface area contributed by atoms with Gasteiger partial charge in [-0.2, -0.15) is 5.01 Å². The summed E-state index contributed by atoms with van der Waals surface area (Å²) in [6.45, 7) is 6.21. The van der Waals surface area contributed by atoms with Gasteiger partial charge in [-0.1, -0.05) is 37.3 Å². The van der Waals surface area contributed by atoms with Gasteiger partial charge in [-0.3, -0.25) is 0 Å². The second-order valence-electron chi connectivity index (χ2n) is 4.02. The van der Waals surface area contributed by atoms with Crippen molar-refractivity contribution in [2.75, 3.05) is 20.2 Å². The van der Waals surface area contributed by atoms with Crippen molar-refractivity contribution >= 4 is 5.70 Å². The number of hydrazine groups is 1. The maximum atomic E-state index is 5.51. The lowest BCUT2D eigenvalue weighted by Crippen LogP contribution is -2.42. The molecule has 1 aromatic rings. The van der Waals surface area contributed by atoms with Crippen LogP contribution in [-0.4, -0.2) is 36.4 Å². The molecule has 1 unspecified atom stereocenters. The molecule has 17 heavy (non-hydrogen) atoms. The molecule has 2 rings (SSSR count). The number of ether oxygens (including phenoxy) is 1. The minimum Gasteiger partial charge on any atom is -0.361 e. The molecule has 1 aliphatic heterocycles. The summed E-state index contributed by atoms with van der Waals surface area (Å²) in [7, 11) is 1.76. The Morgan fingerprint density at radius 1 is 1.12 bits per heavy atom. The van der Waals surface area contributed by atoms with E-state index in [1.54, 1.807) is 7.11 Å². The van der Waals surface area contributed by atoms with Gasteiger partial charge >= 0.3 is 0 Å². The van der Waals surface area contributed by atoms with Gasteiger partial charge in [0.1, 0.15) is 6.23 Å². The van der Waals surface area contributed by atoms with Gasteiger partial charge in [0, 0.05) is 20.2 Å². The third-order valence-corrected chi connectivity index (χ3v) is 3.12. The highest BCUT2D eigenvalue weighted by Crippen LogP contribution is 2.29. The Bertz CT molecular complexity index is 388. The summed E-state index contributed by atoms with van der Waals surface area (Å²) in [6.07, 6.45) is 2.23. The second-order valence-corrected chi connectivity index (χ2v) is 4.02. The van der Waals surface area contributed by atoms with Crippen LogP contribution in [0.1, 0.15) is 19.4 Å². The van der Waals surface area contributed by atoms with E-state index in [2.05, 4.69) is 54.2 Å². The van der Waals surface area contributed by atoms with E-state index >= 15 is 0 Å². The molecule has 92 valence electrons. The van der Waals surface area contributed by atoms with Crippen molar-refractivity contribution in [3.8, 4) is 0 Å². The number of hydrogen-bond acceptors (Lipinski definition) is 3. The van der Waals surface area contributed by atoms with E-state index in [-0.39, 0.29) is 6.23 Å². The Morgan fingerprint density at radius 2 is 1.82 bits per heavy atom. The van der Waals surface area contributed by atoms with E-state index in [9.17, 15) is 0 Å². The molecule has 0 radical (unpaired) electrons. The average Bonchev–Trinajstić information content (AvgIpc) is 2.77. The van der Waals surface area contributed by atoms with E-state index in [0.29, 0.717) is 0 Å². The predicted octanol–water partition coefficient (Wildman–Crippen LogP) is 2.57. The van der Waals surface area contributed by atoms with Gasteiger partial charge in [0.15, 0.2) is 0 Å². The normalized spacial score (nSPS) is 20.8. The van der Waals surface area contributed by atoms with E-state index in [0.717, 1.165) is 13.1 Å². The van der Waals surface area contributed by atoms with Crippen molar-refractivity contribution in [3.05, 3.63) is 42.0 Å². The third-order valence-electron chi connectivity index (χ3n) is 3.12. The molecule has 1 heterocycles. The van der Waals surface area contributed by atoms with Crippen molar-refractivity contribution < 1.29 is 4.74 Å². The SMILES string of the molecule is CCN1C(c2ccccc2)=CC(OC)N1CC. The van der Waals surface area contributed by atoms with Crippen molar-refractivity contribution in [1.82, 2.24) is 10.0 Å². The molecule has 0 saturated heterocycles. The number of methoxy groups -OCH3 is 1. The quantitative estimate of drug-likeness (QED) is 0.793. The van der Waals surface area contributed by atoms with E-state index in [1.807, 2.05) is 6.07 Å². The van der Waals surface area contributed by atoms with E-state index in [1.165, 1.54) is 11.3 Å². The van der Waals surface area contributed by atoms with Crippen LogP contribution < -0.4 is 0 Å². The molecule has 0 bridgehead atoms. The number of hydrogen-bond donors (Lipinski definition) is 0. The fraction of sp³-hybridized carbons (Fsp3) is 0.429. The molecule has 0 aromatic heterocycles. The minimum absolute atomic E-state index is 0.0511. The summed E-state index contributed by atoms with van der Waals surface area (Å²) in [5.74, 6) is 0. The predicted molar refractivity (Wildman–Crippen MR) is 70.0 cm³/mol. The Kier molecular flexibility index (Phi) is 3.82. The molecule has 0 amide bonds. The summed E-state index contributed by atoms with van der Waals surface area (Å²) >= 11 is 0. The Hall–Kier alpha value is -1.32. The van der Waals surface area contributed by atoms with E-state index in [4.69, 9.17) is 4.74 Å². The average molecular weight is 232 g/mol. The van der Waals surface area contributed by atoms with Gasteiger partial charge in [0.05, 0.1) is 5.70 Å². The lowest BCUT2D eigenvalue weighted by atomic mass is 10.1. The molecule has 1 aliphatic rings. The number of benzene rings is 1. The Morgan fingerprint density at radius 3 is 2.35 bits per heavy atom. The standard InChI is InChI=1S/C14H20N2O/c1-4-15-13(12-9-7-6-8-10-12)11-14(17-3)16(15)5-2/h6-11,14H,4-5H2,1-3H3. The van der Waals surface area contributed by atoms with Crippen molar-refractivity contribution in [3.63, 3.8) is 0 Å². The Labute approximate surface area is 103 Å². The second kappa shape index (κ2) is 5.34. The molecule has 3 heteroatoms. The first-order valence-corrected chi connectivity index (χ1v) is 6.16. The topological polar surface area (TPSA) is 15.7 Å². The molecule has 1 aromatic carbocycles. The van der Waals surface area contributed by atoms with Gasteiger partial charge in [-0.05, 0) is 18.6 Å². The molecule has 0 spiro atoms. The fourth-order valence-electron chi connectivity index (χ4n) is 2.33. The lowest BCUT2D eigenvalue weighted by molar-refractivity contribution is -0.0793. The molecule has 0 saturated carbocycles. The van der Waals surface area contributed by atoms with Crippen LogP contribution in [-0.2, 0) is 4.74 Å². The summed E-state index contributed by atoms with van der Waals surface area (Å²) in [4.78, 5) is 0. The van der Waals surface area contributed by atoms with Crippen LogP contribution in [0.4, 0.5) is 0 Å². The maximum Gasteiger partial charge on any atom is 0.148 e. The third kappa shape index (κ3) is 2.21. The first-order valence-electron chi connectivity index (χ1n) is 6.16. The van der Waals surface area contributed by atoms with Crippen LogP contribution in [0.5, 0.6) is 0 Å².